The third-order valence-electron chi connectivity index (χ3n) is 5.00. The van der Waals surface area contributed by atoms with Crippen LogP contribution < -0.4 is 0 Å². The predicted octanol–water partition coefficient (Wildman–Crippen LogP) is 6.76. The minimum atomic E-state index is -0.0564. The predicted molar refractivity (Wildman–Crippen MR) is 124 cm³/mol. The van der Waals surface area contributed by atoms with E-state index in [0.717, 1.165) is 0 Å². The van der Waals surface area contributed by atoms with Crippen molar-refractivity contribution in [2.45, 2.75) is 20.0 Å². The molecular weight excluding hydrogens is 393 g/mol. The molecule has 0 N–H and O–H groups in total. The van der Waals surface area contributed by atoms with Crippen LogP contribution in [0.2, 0.25) is 0 Å². The van der Waals surface area contributed by atoms with E-state index in [9.17, 15) is 0 Å². The van der Waals surface area contributed by atoms with E-state index in [1.807, 2.05) is 45.1 Å². The molecule has 2 aromatic carbocycles. The second-order valence-corrected chi connectivity index (χ2v) is 11.7. The fourth-order valence-electron chi connectivity index (χ4n) is 3.27. The van der Waals surface area contributed by atoms with Gasteiger partial charge in [0, 0.05) is 22.0 Å². The zero-order valence-corrected chi connectivity index (χ0v) is 17.8. The normalized spacial score (nSPS) is 25.5. The molecule has 2 saturated heterocycles. The lowest BCUT2D eigenvalue weighted by Crippen LogP contribution is -2.29. The summed E-state index contributed by atoms with van der Waals surface area (Å²) in [7, 11) is 3.96. The molecule has 26 heavy (non-hydrogen) atoms. The highest BCUT2D eigenvalue weighted by Gasteiger charge is 2.51. The summed E-state index contributed by atoms with van der Waals surface area (Å²) in [6.45, 7) is 8.50. The number of thioether (sulfide) groups is 2. The molecular formula is C22H22S4. The SMILES string of the molecule is C=CC(SSC(C=C)(c1ccccc1)C1CS1)(c1ccccc1)C1CS1. The van der Waals surface area contributed by atoms with Crippen LogP contribution in [-0.4, -0.2) is 22.0 Å². The summed E-state index contributed by atoms with van der Waals surface area (Å²) < 4.78 is -0.113. The molecule has 0 saturated carbocycles. The highest BCUT2D eigenvalue weighted by molar-refractivity contribution is 8.77. The lowest BCUT2D eigenvalue weighted by Gasteiger charge is -2.36. The molecule has 4 atom stereocenters. The Hall–Kier alpha value is -0.680. The maximum atomic E-state index is 4.25. The molecule has 0 spiro atoms. The van der Waals surface area contributed by atoms with Crippen LogP contribution >= 0.6 is 45.1 Å². The van der Waals surface area contributed by atoms with Gasteiger partial charge in [-0.2, -0.15) is 23.5 Å². The number of rotatable bonds is 9. The number of hydrogen-bond donors (Lipinski definition) is 0. The van der Waals surface area contributed by atoms with Crippen LogP contribution in [0.4, 0.5) is 0 Å². The van der Waals surface area contributed by atoms with Crippen LogP contribution in [0, 0.1) is 0 Å². The molecule has 2 aliphatic heterocycles. The third kappa shape index (κ3) is 3.42. The van der Waals surface area contributed by atoms with E-state index in [4.69, 9.17) is 0 Å². The molecule has 0 nitrogen and oxygen atoms in total. The standard InChI is InChI=1S/C22H22S4/c1-3-21(19-15-23-19,17-11-7-5-8-12-17)25-26-22(4-2,20-16-24-20)18-13-9-6-10-14-18/h3-14,19-20H,1-2,15-16H2. The summed E-state index contributed by atoms with van der Waals surface area (Å²) in [5.41, 5.74) is 2.72. The van der Waals surface area contributed by atoms with Crippen molar-refractivity contribution in [1.29, 1.82) is 0 Å². The summed E-state index contributed by atoms with van der Waals surface area (Å²) in [6.07, 6.45) is 4.34. The third-order valence-corrected chi connectivity index (χ3v) is 11.3. The fourth-order valence-corrected chi connectivity index (χ4v) is 9.99. The van der Waals surface area contributed by atoms with E-state index >= 15 is 0 Å². The van der Waals surface area contributed by atoms with Gasteiger partial charge in [-0.3, -0.25) is 0 Å². The molecule has 0 bridgehead atoms. The van der Waals surface area contributed by atoms with E-state index in [-0.39, 0.29) is 9.49 Å². The van der Waals surface area contributed by atoms with Crippen LogP contribution in [0.25, 0.3) is 0 Å². The van der Waals surface area contributed by atoms with Crippen molar-refractivity contribution >= 4 is 45.1 Å². The van der Waals surface area contributed by atoms with Gasteiger partial charge in [0.15, 0.2) is 0 Å². The molecule has 134 valence electrons. The Bertz CT molecular complexity index is 700. The van der Waals surface area contributed by atoms with Gasteiger partial charge >= 0.3 is 0 Å². The van der Waals surface area contributed by atoms with Gasteiger partial charge in [-0.15, -0.1) is 13.2 Å². The van der Waals surface area contributed by atoms with Gasteiger partial charge in [0.25, 0.3) is 0 Å². The minimum Gasteiger partial charge on any atom is -0.154 e. The van der Waals surface area contributed by atoms with Crippen molar-refractivity contribution in [2.75, 3.05) is 11.5 Å². The first-order chi connectivity index (χ1) is 12.7. The first-order valence-electron chi connectivity index (χ1n) is 8.73. The smallest absolute Gasteiger partial charge is 0.0815 e. The maximum absolute atomic E-state index is 4.25. The van der Waals surface area contributed by atoms with Crippen LogP contribution in [-0.2, 0) is 9.49 Å². The van der Waals surface area contributed by atoms with Crippen molar-refractivity contribution in [1.82, 2.24) is 0 Å². The number of hydrogen-bond acceptors (Lipinski definition) is 4. The minimum absolute atomic E-state index is 0.0564. The molecule has 0 radical (unpaired) electrons. The molecule has 2 aromatic rings. The second-order valence-electron chi connectivity index (χ2n) is 6.54. The van der Waals surface area contributed by atoms with Gasteiger partial charge in [-0.1, -0.05) is 94.4 Å². The molecule has 4 heteroatoms. The first kappa shape index (κ1) is 18.7. The average molecular weight is 415 g/mol. The molecule has 4 unspecified atom stereocenters. The quantitative estimate of drug-likeness (QED) is 0.252. The van der Waals surface area contributed by atoms with Crippen molar-refractivity contribution < 1.29 is 0 Å². The molecule has 2 aliphatic rings. The second kappa shape index (κ2) is 7.75. The van der Waals surface area contributed by atoms with E-state index in [1.54, 1.807) is 0 Å². The summed E-state index contributed by atoms with van der Waals surface area (Å²) in [5.74, 6) is 2.41. The number of benzene rings is 2. The van der Waals surface area contributed by atoms with E-state index in [2.05, 4.69) is 86.0 Å². The van der Waals surface area contributed by atoms with Crippen molar-refractivity contribution in [2.24, 2.45) is 0 Å². The van der Waals surface area contributed by atoms with Gasteiger partial charge in [0.05, 0.1) is 9.49 Å². The van der Waals surface area contributed by atoms with Gasteiger partial charge in [0.2, 0.25) is 0 Å². The topological polar surface area (TPSA) is 0 Å². The summed E-state index contributed by atoms with van der Waals surface area (Å²) in [4.78, 5) is 0. The molecule has 0 aromatic heterocycles. The summed E-state index contributed by atoms with van der Waals surface area (Å²) in [5, 5.41) is 1.20. The maximum Gasteiger partial charge on any atom is 0.0815 e. The van der Waals surface area contributed by atoms with Gasteiger partial charge in [-0.05, 0) is 11.1 Å². The zero-order valence-electron chi connectivity index (χ0n) is 14.5. The Balaban J connectivity index is 1.68. The van der Waals surface area contributed by atoms with E-state index in [1.165, 1.54) is 22.6 Å². The van der Waals surface area contributed by atoms with E-state index in [0.29, 0.717) is 10.5 Å². The molecule has 2 heterocycles. The van der Waals surface area contributed by atoms with Crippen LogP contribution in [0.3, 0.4) is 0 Å². The Morgan fingerprint density at radius 2 is 1.08 bits per heavy atom. The Morgan fingerprint density at radius 1 is 0.731 bits per heavy atom. The highest BCUT2D eigenvalue weighted by Crippen LogP contribution is 2.64. The lowest BCUT2D eigenvalue weighted by molar-refractivity contribution is 0.806. The summed E-state index contributed by atoms with van der Waals surface area (Å²) in [6, 6.07) is 21.7. The van der Waals surface area contributed by atoms with Gasteiger partial charge < -0.3 is 0 Å². The van der Waals surface area contributed by atoms with Crippen LogP contribution in [0.5, 0.6) is 0 Å². The molecule has 0 aliphatic carbocycles. The molecule has 0 amide bonds. The Labute approximate surface area is 173 Å². The zero-order chi connectivity index (χ0) is 18.0. The monoisotopic (exact) mass is 414 g/mol. The van der Waals surface area contributed by atoms with Crippen LogP contribution in [0.15, 0.2) is 86.0 Å². The first-order valence-corrected chi connectivity index (χ1v) is 13.0. The van der Waals surface area contributed by atoms with Gasteiger partial charge in [0.1, 0.15) is 0 Å². The Morgan fingerprint density at radius 3 is 1.35 bits per heavy atom. The van der Waals surface area contributed by atoms with Crippen molar-refractivity contribution in [3.05, 3.63) is 97.1 Å². The largest absolute Gasteiger partial charge is 0.154 e. The van der Waals surface area contributed by atoms with E-state index < -0.39 is 0 Å². The Kier molecular flexibility index (Phi) is 5.56. The van der Waals surface area contributed by atoms with Crippen LogP contribution in [0.1, 0.15) is 11.1 Å². The van der Waals surface area contributed by atoms with Crippen molar-refractivity contribution in [3.8, 4) is 0 Å². The molecule has 4 rings (SSSR count). The lowest BCUT2D eigenvalue weighted by atomic mass is 9.95. The fraction of sp³-hybridized carbons (Fsp3) is 0.273. The van der Waals surface area contributed by atoms with Crippen molar-refractivity contribution in [3.63, 3.8) is 0 Å². The van der Waals surface area contributed by atoms with Gasteiger partial charge in [-0.25, -0.2) is 0 Å². The summed E-state index contributed by atoms with van der Waals surface area (Å²) >= 11 is 4.07. The molecule has 2 fully saturated rings. The highest BCUT2D eigenvalue weighted by atomic mass is 33.1. The average Bonchev–Trinajstić information content (AvgIpc) is 3.60.